The van der Waals surface area contributed by atoms with Gasteiger partial charge in [-0.2, -0.15) is 0 Å². The van der Waals surface area contributed by atoms with E-state index >= 15 is 0 Å². The summed E-state index contributed by atoms with van der Waals surface area (Å²) < 4.78 is 20.7. The minimum absolute atomic E-state index is 0.0819. The number of rotatable bonds is 8. The third-order valence-electron chi connectivity index (χ3n) is 7.11. The van der Waals surface area contributed by atoms with Crippen LogP contribution in [0.2, 0.25) is 0 Å². The first kappa shape index (κ1) is 26.0. The summed E-state index contributed by atoms with van der Waals surface area (Å²) in [6.45, 7) is 1.29. The van der Waals surface area contributed by atoms with Crippen molar-refractivity contribution in [1.82, 2.24) is 4.90 Å². The van der Waals surface area contributed by atoms with Gasteiger partial charge in [0.25, 0.3) is 0 Å². The minimum Gasteiger partial charge on any atom is -0.445 e. The molecule has 1 aliphatic rings. The number of hydrogen-bond donors (Lipinski definition) is 1. The third kappa shape index (κ3) is 6.42. The van der Waals surface area contributed by atoms with Crippen LogP contribution in [-0.4, -0.2) is 35.8 Å². The van der Waals surface area contributed by atoms with Gasteiger partial charge in [0.05, 0.1) is 0 Å². The van der Waals surface area contributed by atoms with Crippen LogP contribution < -0.4 is 15.9 Å². The molecule has 6 heteroatoms. The number of ether oxygens (including phenoxy) is 1. The average molecular weight is 525 g/mol. The molecule has 0 aliphatic carbocycles. The summed E-state index contributed by atoms with van der Waals surface area (Å²) in [7, 11) is -2.89. The van der Waals surface area contributed by atoms with Crippen LogP contribution in [0.4, 0.5) is 10.5 Å². The number of amides is 1. The van der Waals surface area contributed by atoms with E-state index in [9.17, 15) is 9.36 Å². The molecule has 1 fully saturated rings. The second-order valence-corrected chi connectivity index (χ2v) is 12.6. The summed E-state index contributed by atoms with van der Waals surface area (Å²) >= 11 is 0. The number of carbonyl (C=O) groups excluding carboxylic acids is 1. The first-order valence-corrected chi connectivity index (χ1v) is 15.0. The number of likely N-dealkylation sites (tertiary alicyclic amines) is 1. The lowest BCUT2D eigenvalue weighted by atomic mass is 10.00. The van der Waals surface area contributed by atoms with Crippen molar-refractivity contribution in [1.29, 1.82) is 0 Å². The maximum Gasteiger partial charge on any atom is 0.411 e. The van der Waals surface area contributed by atoms with Gasteiger partial charge in [0.15, 0.2) is 0 Å². The van der Waals surface area contributed by atoms with E-state index in [0.29, 0.717) is 24.9 Å². The lowest BCUT2D eigenvalue weighted by Crippen LogP contribution is -2.49. The molecule has 1 heterocycles. The van der Waals surface area contributed by atoms with Crippen molar-refractivity contribution in [2.45, 2.75) is 31.5 Å². The molecule has 194 valence electrons. The smallest absolute Gasteiger partial charge is 0.411 e. The molecule has 1 amide bonds. The molecular weight excluding hydrogens is 491 g/mol. The predicted octanol–water partition coefficient (Wildman–Crippen LogP) is 6.28. The van der Waals surface area contributed by atoms with E-state index < -0.39 is 13.2 Å². The largest absolute Gasteiger partial charge is 0.445 e. The molecular formula is C32H33N2O3P. The van der Waals surface area contributed by atoms with Crippen LogP contribution in [0.15, 0.2) is 121 Å². The van der Waals surface area contributed by atoms with E-state index in [1.807, 2.05) is 109 Å². The normalized spacial score (nSPS) is 18.0. The second-order valence-electron chi connectivity index (χ2n) is 9.76. The number of hydrogen-bond acceptors (Lipinski definition) is 4. The van der Waals surface area contributed by atoms with Crippen molar-refractivity contribution in [2.24, 2.45) is 0 Å². The van der Waals surface area contributed by atoms with Gasteiger partial charge in [0, 0.05) is 41.6 Å². The molecule has 4 aromatic rings. The zero-order chi connectivity index (χ0) is 26.2. The number of para-hydroxylation sites is 1. The molecule has 0 saturated carbocycles. The second kappa shape index (κ2) is 12.3. The van der Waals surface area contributed by atoms with Crippen LogP contribution in [0, 0.1) is 0 Å². The van der Waals surface area contributed by atoms with Gasteiger partial charge in [-0.1, -0.05) is 109 Å². The fraction of sp³-hybridized carbons (Fsp3) is 0.219. The monoisotopic (exact) mass is 524 g/mol. The zero-order valence-electron chi connectivity index (χ0n) is 21.4. The lowest BCUT2D eigenvalue weighted by Gasteiger charge is -2.40. The van der Waals surface area contributed by atoms with E-state index in [-0.39, 0.29) is 12.1 Å². The number of carbonyl (C=O) groups is 1. The number of piperidine rings is 1. The van der Waals surface area contributed by atoms with Gasteiger partial charge in [-0.25, -0.2) is 4.79 Å². The van der Waals surface area contributed by atoms with Crippen molar-refractivity contribution in [3.05, 3.63) is 127 Å². The molecule has 2 atom stereocenters. The standard InChI is InChI=1S/C32H33N2O3P/c35-32(33-27-15-7-2-8-16-27)37-29-22-21-28(34(24-29)23-26-13-5-1-6-14-26)25-38(36,30-17-9-3-10-18-30)31-19-11-4-12-20-31/h1-20,28-29H,21-25H2,(H,33,35)/t28-,29+/m1/s1. The molecule has 4 aromatic carbocycles. The van der Waals surface area contributed by atoms with E-state index in [4.69, 9.17) is 4.74 Å². The first-order chi connectivity index (χ1) is 18.6. The topological polar surface area (TPSA) is 58.6 Å². The number of anilines is 1. The fourth-order valence-corrected chi connectivity index (χ4v) is 8.23. The Morgan fingerprint density at radius 1 is 0.763 bits per heavy atom. The summed E-state index contributed by atoms with van der Waals surface area (Å²) in [6.07, 6.45) is 1.36. The van der Waals surface area contributed by atoms with Gasteiger partial charge in [-0.15, -0.1) is 0 Å². The minimum atomic E-state index is -2.89. The highest BCUT2D eigenvalue weighted by molar-refractivity contribution is 7.78. The summed E-state index contributed by atoms with van der Waals surface area (Å²) in [5.74, 6) is 0. The Bertz CT molecular complexity index is 1310. The van der Waals surface area contributed by atoms with Crippen LogP contribution in [0.3, 0.4) is 0 Å². The van der Waals surface area contributed by atoms with Gasteiger partial charge in [-0.3, -0.25) is 10.2 Å². The van der Waals surface area contributed by atoms with Crippen LogP contribution >= 0.6 is 7.14 Å². The number of nitrogens with zero attached hydrogens (tertiary/aromatic N) is 1. The molecule has 0 bridgehead atoms. The van der Waals surface area contributed by atoms with Gasteiger partial charge in [0.1, 0.15) is 13.2 Å². The summed E-state index contributed by atoms with van der Waals surface area (Å²) in [5.41, 5.74) is 1.89. The lowest BCUT2D eigenvalue weighted by molar-refractivity contribution is 0.0247. The zero-order valence-corrected chi connectivity index (χ0v) is 22.3. The van der Waals surface area contributed by atoms with Gasteiger partial charge in [0.2, 0.25) is 0 Å². The van der Waals surface area contributed by atoms with Gasteiger partial charge < -0.3 is 9.30 Å². The Balaban J connectivity index is 1.37. The molecule has 0 aromatic heterocycles. The third-order valence-corrected chi connectivity index (χ3v) is 10.3. The summed E-state index contributed by atoms with van der Waals surface area (Å²) in [5, 5.41) is 4.58. The summed E-state index contributed by atoms with van der Waals surface area (Å²) in [4.78, 5) is 15.0. The highest BCUT2D eigenvalue weighted by Crippen LogP contribution is 2.46. The predicted molar refractivity (Wildman–Crippen MR) is 155 cm³/mol. The van der Waals surface area contributed by atoms with E-state index in [1.165, 1.54) is 5.56 Å². The average Bonchev–Trinajstić information content (AvgIpc) is 2.96. The summed E-state index contributed by atoms with van der Waals surface area (Å²) in [6, 6.07) is 39.4. The first-order valence-electron chi connectivity index (χ1n) is 13.1. The highest BCUT2D eigenvalue weighted by atomic mass is 31.2. The molecule has 1 saturated heterocycles. The Morgan fingerprint density at radius 3 is 1.87 bits per heavy atom. The van der Waals surface area contributed by atoms with E-state index in [0.717, 1.165) is 23.5 Å². The van der Waals surface area contributed by atoms with Crippen LogP contribution in [0.25, 0.3) is 0 Å². The van der Waals surface area contributed by atoms with Crippen molar-refractivity contribution in [3.63, 3.8) is 0 Å². The molecule has 0 radical (unpaired) electrons. The van der Waals surface area contributed by atoms with E-state index in [2.05, 4.69) is 22.3 Å². The van der Waals surface area contributed by atoms with Crippen molar-refractivity contribution in [3.8, 4) is 0 Å². The Labute approximate surface area is 224 Å². The van der Waals surface area contributed by atoms with Crippen LogP contribution in [0.5, 0.6) is 0 Å². The number of nitrogens with one attached hydrogen (secondary N) is 1. The van der Waals surface area contributed by atoms with Gasteiger partial charge in [-0.05, 0) is 30.5 Å². The van der Waals surface area contributed by atoms with Crippen molar-refractivity contribution in [2.75, 3.05) is 18.0 Å². The quantitative estimate of drug-likeness (QED) is 0.276. The van der Waals surface area contributed by atoms with Crippen molar-refractivity contribution >= 4 is 29.5 Å². The highest BCUT2D eigenvalue weighted by Gasteiger charge is 2.37. The van der Waals surface area contributed by atoms with Crippen molar-refractivity contribution < 1.29 is 14.1 Å². The molecule has 0 unspecified atom stereocenters. The SMILES string of the molecule is O=C(Nc1ccccc1)O[C@H]1CC[C@H](CP(=O)(c2ccccc2)c2ccccc2)N(Cc2ccccc2)C1. The Morgan fingerprint density at radius 2 is 1.29 bits per heavy atom. The Kier molecular flexibility index (Phi) is 8.37. The maximum absolute atomic E-state index is 14.8. The van der Waals surface area contributed by atoms with Gasteiger partial charge >= 0.3 is 6.09 Å². The molecule has 1 aliphatic heterocycles. The molecule has 1 N–H and O–H groups in total. The number of benzene rings is 4. The maximum atomic E-state index is 14.8. The van der Waals surface area contributed by atoms with Crippen LogP contribution in [-0.2, 0) is 15.8 Å². The Hall–Kier alpha value is -3.66. The van der Waals surface area contributed by atoms with E-state index in [1.54, 1.807) is 0 Å². The molecule has 38 heavy (non-hydrogen) atoms. The molecule has 5 nitrogen and oxygen atoms in total. The molecule has 5 rings (SSSR count). The molecule has 0 spiro atoms. The van der Waals surface area contributed by atoms with Crippen LogP contribution in [0.1, 0.15) is 18.4 Å². The fourth-order valence-electron chi connectivity index (χ4n) is 5.19.